The third-order valence-electron chi connectivity index (χ3n) is 3.46. The van der Waals surface area contributed by atoms with Gasteiger partial charge in [0, 0.05) is 31.7 Å². The second-order valence-electron chi connectivity index (χ2n) is 5.16. The van der Waals surface area contributed by atoms with E-state index in [4.69, 9.17) is 0 Å². The molecule has 0 aliphatic carbocycles. The topological polar surface area (TPSA) is 86.9 Å². The van der Waals surface area contributed by atoms with E-state index in [1.54, 1.807) is 29.9 Å². The first-order valence-corrected chi connectivity index (χ1v) is 8.53. The molecule has 1 unspecified atom stereocenters. The molecule has 1 fully saturated rings. The number of hydrogen-bond donors (Lipinski definition) is 2. The highest BCUT2D eigenvalue weighted by Gasteiger charge is 2.41. The van der Waals surface area contributed by atoms with Gasteiger partial charge in [-0.2, -0.15) is 4.31 Å². The standard InChI is InChI=1S/C11H16N4O3S2/c1-11(16)3-4-14(7-11)20(17,18)9-8(12-2)13-10-15(9)5-6-19-10/h5-6,12,16H,3-4,7H2,1-2H3. The summed E-state index contributed by atoms with van der Waals surface area (Å²) in [6.45, 7) is 2.07. The van der Waals surface area contributed by atoms with Crippen molar-refractivity contribution in [1.29, 1.82) is 0 Å². The minimum absolute atomic E-state index is 0.107. The summed E-state index contributed by atoms with van der Waals surface area (Å²) in [5.41, 5.74) is -0.967. The molecule has 0 aromatic carbocycles. The van der Waals surface area contributed by atoms with E-state index >= 15 is 0 Å². The molecule has 1 aliphatic rings. The first kappa shape index (κ1) is 13.8. The minimum Gasteiger partial charge on any atom is -0.389 e. The molecule has 3 rings (SSSR count). The van der Waals surface area contributed by atoms with Crippen molar-refractivity contribution >= 4 is 32.1 Å². The molecular weight excluding hydrogens is 300 g/mol. The van der Waals surface area contributed by atoms with Gasteiger partial charge < -0.3 is 10.4 Å². The van der Waals surface area contributed by atoms with Gasteiger partial charge in [0.1, 0.15) is 0 Å². The number of rotatable bonds is 3. The Labute approximate surface area is 120 Å². The number of aliphatic hydroxyl groups is 1. The van der Waals surface area contributed by atoms with Crippen LogP contribution in [0.2, 0.25) is 0 Å². The Kier molecular flexibility index (Phi) is 3.05. The van der Waals surface area contributed by atoms with Crippen LogP contribution >= 0.6 is 11.3 Å². The Balaban J connectivity index is 2.12. The largest absolute Gasteiger partial charge is 0.389 e. The van der Waals surface area contributed by atoms with E-state index < -0.39 is 15.6 Å². The number of anilines is 1. The van der Waals surface area contributed by atoms with E-state index in [-0.39, 0.29) is 11.6 Å². The van der Waals surface area contributed by atoms with Gasteiger partial charge in [-0.3, -0.25) is 4.40 Å². The van der Waals surface area contributed by atoms with Crippen LogP contribution in [0.15, 0.2) is 16.6 Å². The van der Waals surface area contributed by atoms with E-state index in [9.17, 15) is 13.5 Å². The second kappa shape index (κ2) is 4.42. The molecule has 0 amide bonds. The summed E-state index contributed by atoms with van der Waals surface area (Å²) in [6, 6.07) is 0. The maximum absolute atomic E-state index is 12.8. The molecule has 3 heterocycles. The van der Waals surface area contributed by atoms with Crippen molar-refractivity contribution in [3.63, 3.8) is 0 Å². The summed E-state index contributed by atoms with van der Waals surface area (Å²) >= 11 is 1.38. The van der Waals surface area contributed by atoms with Crippen molar-refractivity contribution in [3.8, 4) is 0 Å². The van der Waals surface area contributed by atoms with Crippen molar-refractivity contribution < 1.29 is 13.5 Å². The van der Waals surface area contributed by atoms with Crippen molar-refractivity contribution in [2.45, 2.75) is 24.0 Å². The van der Waals surface area contributed by atoms with Crippen LogP contribution in [0.25, 0.3) is 4.96 Å². The van der Waals surface area contributed by atoms with Crippen LogP contribution in [0.4, 0.5) is 5.82 Å². The van der Waals surface area contributed by atoms with Crippen LogP contribution in [0.3, 0.4) is 0 Å². The number of sulfonamides is 1. The molecule has 0 spiro atoms. The zero-order valence-corrected chi connectivity index (χ0v) is 12.8. The predicted octanol–water partition coefficient (Wildman–Crippen LogP) is 0.583. The Morgan fingerprint density at radius 1 is 1.55 bits per heavy atom. The van der Waals surface area contributed by atoms with E-state index in [1.165, 1.54) is 15.6 Å². The molecule has 1 atom stereocenters. The van der Waals surface area contributed by atoms with Crippen LogP contribution < -0.4 is 5.32 Å². The van der Waals surface area contributed by atoms with Gasteiger partial charge >= 0.3 is 0 Å². The number of thiazole rings is 1. The fourth-order valence-corrected chi connectivity index (χ4v) is 4.99. The molecule has 0 radical (unpaired) electrons. The van der Waals surface area contributed by atoms with E-state index in [1.807, 2.05) is 0 Å². The number of imidazole rings is 1. The maximum atomic E-state index is 12.8. The fourth-order valence-electron chi connectivity index (χ4n) is 2.41. The Morgan fingerprint density at radius 2 is 2.30 bits per heavy atom. The molecule has 2 N–H and O–H groups in total. The summed E-state index contributed by atoms with van der Waals surface area (Å²) in [4.78, 5) is 4.89. The molecule has 20 heavy (non-hydrogen) atoms. The molecule has 9 heteroatoms. The van der Waals surface area contributed by atoms with Gasteiger partial charge in [-0.05, 0) is 13.3 Å². The highest BCUT2D eigenvalue weighted by Crippen LogP contribution is 2.31. The number of nitrogens with one attached hydrogen (secondary N) is 1. The number of aromatic nitrogens is 2. The molecule has 0 bridgehead atoms. The highest BCUT2D eigenvalue weighted by atomic mass is 32.2. The Morgan fingerprint density at radius 3 is 2.90 bits per heavy atom. The van der Waals surface area contributed by atoms with Gasteiger partial charge in [0.25, 0.3) is 10.0 Å². The average molecular weight is 316 g/mol. The molecule has 7 nitrogen and oxygen atoms in total. The summed E-state index contributed by atoms with van der Waals surface area (Å²) in [5, 5.41) is 14.7. The third-order valence-corrected chi connectivity index (χ3v) is 6.08. The van der Waals surface area contributed by atoms with E-state index in [0.29, 0.717) is 23.7 Å². The quantitative estimate of drug-likeness (QED) is 0.865. The monoisotopic (exact) mass is 316 g/mol. The van der Waals surface area contributed by atoms with Crippen LogP contribution in [0, 0.1) is 0 Å². The van der Waals surface area contributed by atoms with Gasteiger partial charge in [-0.15, -0.1) is 11.3 Å². The summed E-state index contributed by atoms with van der Waals surface area (Å²) in [6.07, 6.45) is 2.13. The van der Waals surface area contributed by atoms with Crippen LogP contribution in [0.5, 0.6) is 0 Å². The van der Waals surface area contributed by atoms with Gasteiger partial charge in [0.15, 0.2) is 15.8 Å². The number of hydrogen-bond acceptors (Lipinski definition) is 6. The van der Waals surface area contributed by atoms with Crippen LogP contribution in [-0.2, 0) is 10.0 Å². The predicted molar refractivity (Wildman–Crippen MR) is 76.6 cm³/mol. The number of fused-ring (bicyclic) bond motifs is 1. The summed E-state index contributed by atoms with van der Waals surface area (Å²) < 4.78 is 28.5. The van der Waals surface area contributed by atoms with Crippen molar-refractivity contribution in [2.75, 3.05) is 25.5 Å². The lowest BCUT2D eigenvalue weighted by atomic mass is 10.1. The molecule has 1 saturated heterocycles. The van der Waals surface area contributed by atoms with Gasteiger partial charge in [-0.25, -0.2) is 13.4 Å². The number of β-amino-alcohol motifs (C(OH)–C–C–N with tert-alkyl or cyclic N) is 1. The van der Waals surface area contributed by atoms with Gasteiger partial charge in [0.2, 0.25) is 0 Å². The molecule has 1 aliphatic heterocycles. The third kappa shape index (κ3) is 2.01. The smallest absolute Gasteiger partial charge is 0.263 e. The van der Waals surface area contributed by atoms with Crippen molar-refractivity contribution in [3.05, 3.63) is 11.6 Å². The second-order valence-corrected chi connectivity index (χ2v) is 7.88. The van der Waals surface area contributed by atoms with Crippen LogP contribution in [0.1, 0.15) is 13.3 Å². The van der Waals surface area contributed by atoms with Crippen LogP contribution in [-0.4, -0.2) is 53.0 Å². The molecule has 110 valence electrons. The lowest BCUT2D eigenvalue weighted by molar-refractivity contribution is 0.0762. The first-order chi connectivity index (χ1) is 9.35. The maximum Gasteiger partial charge on any atom is 0.263 e. The molecule has 0 saturated carbocycles. The SMILES string of the molecule is CNc1nc2sccn2c1S(=O)(=O)N1CCC(C)(O)C1. The average Bonchev–Trinajstić information content (AvgIpc) is 3.00. The first-order valence-electron chi connectivity index (χ1n) is 6.21. The summed E-state index contributed by atoms with van der Waals surface area (Å²) in [7, 11) is -2.04. The lowest BCUT2D eigenvalue weighted by Gasteiger charge is -2.19. The number of nitrogens with zero attached hydrogens (tertiary/aromatic N) is 3. The fraction of sp³-hybridized carbons (Fsp3) is 0.545. The Bertz CT molecular complexity index is 747. The van der Waals surface area contributed by atoms with E-state index in [2.05, 4.69) is 10.3 Å². The molecular formula is C11H16N4O3S2. The van der Waals surface area contributed by atoms with Crippen molar-refractivity contribution in [1.82, 2.24) is 13.7 Å². The van der Waals surface area contributed by atoms with Crippen molar-refractivity contribution in [2.24, 2.45) is 0 Å². The lowest BCUT2D eigenvalue weighted by Crippen LogP contribution is -2.34. The minimum atomic E-state index is -3.69. The zero-order valence-electron chi connectivity index (χ0n) is 11.2. The molecule has 2 aromatic heterocycles. The highest BCUT2D eigenvalue weighted by molar-refractivity contribution is 7.89. The van der Waals surface area contributed by atoms with Gasteiger partial charge in [-0.1, -0.05) is 0 Å². The Hall–Kier alpha value is -1.16. The zero-order chi connectivity index (χ0) is 14.5. The van der Waals surface area contributed by atoms with Gasteiger partial charge in [0.05, 0.1) is 5.60 Å². The normalized spacial score (nSPS) is 24.6. The van der Waals surface area contributed by atoms with E-state index in [0.717, 1.165) is 0 Å². The summed E-state index contributed by atoms with van der Waals surface area (Å²) in [5.74, 6) is 0.336. The molecule has 2 aromatic rings.